The highest BCUT2D eigenvalue weighted by atomic mass is 19.1. The van der Waals surface area contributed by atoms with Crippen LogP contribution in [0.3, 0.4) is 0 Å². The van der Waals surface area contributed by atoms with Crippen molar-refractivity contribution in [1.82, 2.24) is 5.32 Å². The van der Waals surface area contributed by atoms with Gasteiger partial charge in [0, 0.05) is 19.1 Å². The molecule has 0 saturated carbocycles. The topological polar surface area (TPSA) is 56.5 Å². The van der Waals surface area contributed by atoms with Gasteiger partial charge in [-0.2, -0.15) is 0 Å². The lowest BCUT2D eigenvalue weighted by Gasteiger charge is -2.26. The molecule has 5 heteroatoms. The zero-order valence-electron chi connectivity index (χ0n) is 10.5. The minimum absolute atomic E-state index is 0.0962. The van der Waals surface area contributed by atoms with E-state index in [1.165, 1.54) is 13.2 Å². The van der Waals surface area contributed by atoms with E-state index in [-0.39, 0.29) is 23.7 Å². The average molecular weight is 254 g/mol. The lowest BCUT2D eigenvalue weighted by Crippen LogP contribution is -2.40. The third-order valence-electron chi connectivity index (χ3n) is 3.13. The molecule has 100 valence electrons. The summed E-state index contributed by atoms with van der Waals surface area (Å²) in [7, 11) is 1.44. The Labute approximate surface area is 106 Å². The van der Waals surface area contributed by atoms with Crippen LogP contribution in [0.5, 0.6) is 5.75 Å². The van der Waals surface area contributed by atoms with Crippen LogP contribution in [0, 0.1) is 5.82 Å². The van der Waals surface area contributed by atoms with Crippen LogP contribution in [0.15, 0.2) is 18.2 Å². The number of hydrogen-bond donors (Lipinski definition) is 2. The molecule has 1 heterocycles. The molecular formula is C13H19FN2O2. The monoisotopic (exact) mass is 254 g/mol. The van der Waals surface area contributed by atoms with E-state index in [4.69, 9.17) is 15.2 Å². The Hall–Kier alpha value is -1.17. The molecule has 0 aliphatic carbocycles. The van der Waals surface area contributed by atoms with Gasteiger partial charge in [-0.05, 0) is 24.1 Å². The normalized spacial score (nSPS) is 21.6. The first-order valence-electron chi connectivity index (χ1n) is 6.12. The fourth-order valence-electron chi connectivity index (χ4n) is 2.10. The molecule has 0 radical (unpaired) electrons. The Bertz CT molecular complexity index is 395. The Morgan fingerprint density at radius 3 is 3.06 bits per heavy atom. The summed E-state index contributed by atoms with van der Waals surface area (Å²) in [5.74, 6) is -0.144. The molecule has 2 unspecified atom stereocenters. The number of morpholine rings is 1. The molecule has 0 spiro atoms. The smallest absolute Gasteiger partial charge is 0.165 e. The number of ether oxygens (including phenoxy) is 2. The SMILES string of the molecule is COc1ccc(C(N)CC2CNCCO2)cc1F. The summed E-state index contributed by atoms with van der Waals surface area (Å²) >= 11 is 0. The summed E-state index contributed by atoms with van der Waals surface area (Å²) in [6.07, 6.45) is 0.776. The number of methoxy groups -OCH3 is 1. The minimum atomic E-state index is -0.381. The quantitative estimate of drug-likeness (QED) is 0.848. The summed E-state index contributed by atoms with van der Waals surface area (Å²) in [6, 6.07) is 4.60. The van der Waals surface area contributed by atoms with Crippen LogP contribution in [0.4, 0.5) is 4.39 Å². The molecule has 1 aliphatic rings. The van der Waals surface area contributed by atoms with Crippen LogP contribution < -0.4 is 15.8 Å². The molecule has 1 aromatic rings. The number of rotatable bonds is 4. The van der Waals surface area contributed by atoms with Crippen molar-refractivity contribution in [3.8, 4) is 5.75 Å². The predicted octanol–water partition coefficient (Wildman–Crippen LogP) is 1.21. The number of hydrogen-bond acceptors (Lipinski definition) is 4. The highest BCUT2D eigenvalue weighted by Gasteiger charge is 2.18. The van der Waals surface area contributed by atoms with E-state index in [1.54, 1.807) is 12.1 Å². The van der Waals surface area contributed by atoms with Crippen molar-refractivity contribution >= 4 is 0 Å². The van der Waals surface area contributed by atoms with Crippen molar-refractivity contribution < 1.29 is 13.9 Å². The number of halogens is 1. The molecule has 2 atom stereocenters. The lowest BCUT2D eigenvalue weighted by atomic mass is 10.0. The van der Waals surface area contributed by atoms with Gasteiger partial charge in [0.05, 0.1) is 19.8 Å². The van der Waals surface area contributed by atoms with Crippen molar-refractivity contribution in [2.24, 2.45) is 5.73 Å². The number of nitrogens with one attached hydrogen (secondary N) is 1. The summed E-state index contributed by atoms with van der Waals surface area (Å²) in [5, 5.41) is 3.25. The Morgan fingerprint density at radius 2 is 2.44 bits per heavy atom. The summed E-state index contributed by atoms with van der Waals surface area (Å²) in [5.41, 5.74) is 6.84. The maximum absolute atomic E-state index is 13.6. The van der Waals surface area contributed by atoms with Crippen molar-refractivity contribution in [1.29, 1.82) is 0 Å². The largest absolute Gasteiger partial charge is 0.494 e. The number of nitrogens with two attached hydrogens (primary N) is 1. The van der Waals surface area contributed by atoms with E-state index in [9.17, 15) is 4.39 Å². The van der Waals surface area contributed by atoms with E-state index in [1.807, 2.05) is 0 Å². The maximum atomic E-state index is 13.6. The average Bonchev–Trinajstić information content (AvgIpc) is 2.39. The first-order chi connectivity index (χ1) is 8.70. The van der Waals surface area contributed by atoms with Crippen LogP contribution in [-0.4, -0.2) is 32.9 Å². The molecule has 1 fully saturated rings. The van der Waals surface area contributed by atoms with Crippen LogP contribution in [0.2, 0.25) is 0 Å². The van der Waals surface area contributed by atoms with Crippen molar-refractivity contribution in [3.05, 3.63) is 29.6 Å². The predicted molar refractivity (Wildman–Crippen MR) is 67.1 cm³/mol. The van der Waals surface area contributed by atoms with Gasteiger partial charge in [0.15, 0.2) is 11.6 Å². The standard InChI is InChI=1S/C13H19FN2O2/c1-17-13-3-2-9(6-11(13)14)12(15)7-10-8-16-4-5-18-10/h2-3,6,10,12,16H,4-5,7-8,15H2,1H3. The van der Waals surface area contributed by atoms with E-state index < -0.39 is 0 Å². The summed E-state index contributed by atoms with van der Waals surface area (Å²) in [4.78, 5) is 0. The molecule has 0 aromatic heterocycles. The Morgan fingerprint density at radius 1 is 1.61 bits per heavy atom. The van der Waals surface area contributed by atoms with Gasteiger partial charge in [-0.3, -0.25) is 0 Å². The summed E-state index contributed by atoms with van der Waals surface area (Å²) < 4.78 is 24.0. The van der Waals surface area contributed by atoms with E-state index in [0.29, 0.717) is 13.0 Å². The minimum Gasteiger partial charge on any atom is -0.494 e. The van der Waals surface area contributed by atoms with Crippen LogP contribution in [0.1, 0.15) is 18.0 Å². The maximum Gasteiger partial charge on any atom is 0.165 e. The van der Waals surface area contributed by atoms with Crippen LogP contribution in [0.25, 0.3) is 0 Å². The second-order valence-corrected chi connectivity index (χ2v) is 4.43. The van der Waals surface area contributed by atoms with Crippen molar-refractivity contribution in [2.75, 3.05) is 26.8 Å². The highest BCUT2D eigenvalue weighted by molar-refractivity contribution is 5.30. The van der Waals surface area contributed by atoms with Gasteiger partial charge < -0.3 is 20.5 Å². The highest BCUT2D eigenvalue weighted by Crippen LogP contribution is 2.23. The molecule has 0 amide bonds. The second-order valence-electron chi connectivity index (χ2n) is 4.43. The molecular weight excluding hydrogens is 235 g/mol. The molecule has 4 nitrogen and oxygen atoms in total. The Balaban J connectivity index is 1.99. The van der Waals surface area contributed by atoms with E-state index in [0.717, 1.165) is 18.7 Å². The fraction of sp³-hybridized carbons (Fsp3) is 0.538. The first-order valence-corrected chi connectivity index (χ1v) is 6.12. The van der Waals surface area contributed by atoms with E-state index >= 15 is 0 Å². The van der Waals surface area contributed by atoms with Crippen molar-refractivity contribution in [3.63, 3.8) is 0 Å². The molecule has 2 rings (SSSR count). The van der Waals surface area contributed by atoms with Gasteiger partial charge >= 0.3 is 0 Å². The molecule has 18 heavy (non-hydrogen) atoms. The Kier molecular flexibility index (Phi) is 4.52. The van der Waals surface area contributed by atoms with Crippen molar-refractivity contribution in [2.45, 2.75) is 18.6 Å². The third-order valence-corrected chi connectivity index (χ3v) is 3.13. The molecule has 0 bridgehead atoms. The summed E-state index contributed by atoms with van der Waals surface area (Å²) in [6.45, 7) is 2.38. The molecule has 1 aromatic carbocycles. The second kappa shape index (κ2) is 6.13. The van der Waals surface area contributed by atoms with Gasteiger partial charge in [0.25, 0.3) is 0 Å². The third kappa shape index (κ3) is 3.19. The number of benzene rings is 1. The van der Waals surface area contributed by atoms with Gasteiger partial charge in [-0.1, -0.05) is 6.07 Å². The van der Waals surface area contributed by atoms with Gasteiger partial charge in [-0.25, -0.2) is 4.39 Å². The zero-order chi connectivity index (χ0) is 13.0. The van der Waals surface area contributed by atoms with Gasteiger partial charge in [0.1, 0.15) is 0 Å². The van der Waals surface area contributed by atoms with Crippen LogP contribution >= 0.6 is 0 Å². The van der Waals surface area contributed by atoms with Gasteiger partial charge in [0.2, 0.25) is 0 Å². The fourth-order valence-corrected chi connectivity index (χ4v) is 2.10. The van der Waals surface area contributed by atoms with E-state index in [2.05, 4.69) is 5.32 Å². The zero-order valence-corrected chi connectivity index (χ0v) is 10.5. The first kappa shape index (κ1) is 13.3. The lowest BCUT2D eigenvalue weighted by molar-refractivity contribution is 0.0195. The molecule has 3 N–H and O–H groups in total. The van der Waals surface area contributed by atoms with Crippen LogP contribution in [-0.2, 0) is 4.74 Å². The van der Waals surface area contributed by atoms with Gasteiger partial charge in [-0.15, -0.1) is 0 Å². The molecule has 1 aliphatic heterocycles. The molecule has 1 saturated heterocycles.